The van der Waals surface area contributed by atoms with Crippen LogP contribution in [0.3, 0.4) is 0 Å². The molecule has 4 heterocycles. The lowest BCUT2D eigenvalue weighted by atomic mass is 9.69. The van der Waals surface area contributed by atoms with Crippen molar-refractivity contribution in [1.29, 1.82) is 0 Å². The van der Waals surface area contributed by atoms with Crippen molar-refractivity contribution in [1.82, 2.24) is 20.0 Å². The van der Waals surface area contributed by atoms with Crippen molar-refractivity contribution in [2.45, 2.75) is 70.4 Å². The smallest absolute Gasteiger partial charge is 0.259 e. The van der Waals surface area contributed by atoms with Crippen molar-refractivity contribution >= 4 is 51.5 Å². The maximum atomic E-state index is 13.4. The minimum absolute atomic E-state index is 0.167. The Morgan fingerprint density at radius 1 is 1.05 bits per heavy atom. The van der Waals surface area contributed by atoms with Crippen molar-refractivity contribution in [3.63, 3.8) is 0 Å². The van der Waals surface area contributed by atoms with Crippen LogP contribution in [0.2, 0.25) is 0 Å². The largest absolute Gasteiger partial charge is 0.352 e. The summed E-state index contributed by atoms with van der Waals surface area (Å²) < 4.78 is 2.01. The highest BCUT2D eigenvalue weighted by molar-refractivity contribution is 6.28. The molecule has 3 aliphatic heterocycles. The summed E-state index contributed by atoms with van der Waals surface area (Å²) in [5.74, 6) is -0.674. The van der Waals surface area contributed by atoms with E-state index in [4.69, 9.17) is 5.10 Å². The SMILES string of the molecule is CC1(C(=O)N2CCC(C)(n3cc(Nc4ccc5c6c(cccc46)C(=O)N5C4CCC(=O)NC4=O)cn3)CC2)CCC1. The van der Waals surface area contributed by atoms with Gasteiger partial charge in [0.2, 0.25) is 17.7 Å². The Balaban J connectivity index is 1.11. The number of piperidine rings is 2. The molecule has 4 amide bonds. The third-order valence-corrected chi connectivity index (χ3v) is 9.77. The second kappa shape index (κ2) is 9.15. The molecule has 3 aromatic rings. The molecule has 2 aromatic carbocycles. The van der Waals surface area contributed by atoms with Crippen LogP contribution in [0, 0.1) is 5.41 Å². The van der Waals surface area contributed by atoms with Crippen molar-refractivity contribution in [3.05, 3.63) is 48.3 Å². The van der Waals surface area contributed by atoms with Crippen LogP contribution in [-0.4, -0.2) is 57.4 Å². The summed E-state index contributed by atoms with van der Waals surface area (Å²) in [6.45, 7) is 5.77. The van der Waals surface area contributed by atoms with E-state index in [1.54, 1.807) is 6.07 Å². The fourth-order valence-electron chi connectivity index (χ4n) is 6.91. The highest BCUT2D eigenvalue weighted by Gasteiger charge is 2.44. The molecule has 1 unspecified atom stereocenters. The summed E-state index contributed by atoms with van der Waals surface area (Å²) in [6, 6.07) is 8.67. The van der Waals surface area contributed by atoms with E-state index in [1.165, 1.54) is 4.90 Å². The van der Waals surface area contributed by atoms with Crippen LogP contribution in [0.4, 0.5) is 17.1 Å². The predicted octanol–water partition coefficient (Wildman–Crippen LogP) is 4.07. The van der Waals surface area contributed by atoms with Gasteiger partial charge in [-0.1, -0.05) is 25.5 Å². The van der Waals surface area contributed by atoms with Crippen LogP contribution in [0.5, 0.6) is 0 Å². The van der Waals surface area contributed by atoms with Gasteiger partial charge in [0.15, 0.2) is 0 Å². The van der Waals surface area contributed by atoms with Gasteiger partial charge in [-0.15, -0.1) is 0 Å². The fraction of sp³-hybridized carbons (Fsp3) is 0.452. The molecule has 212 valence electrons. The monoisotopic (exact) mass is 554 g/mol. The van der Waals surface area contributed by atoms with Gasteiger partial charge in [-0.2, -0.15) is 5.10 Å². The van der Waals surface area contributed by atoms with E-state index in [9.17, 15) is 19.2 Å². The number of carbonyl (C=O) groups excluding carboxylic acids is 4. The third-order valence-electron chi connectivity index (χ3n) is 9.77. The number of likely N-dealkylation sites (tertiary alicyclic amines) is 1. The molecule has 1 saturated carbocycles. The average molecular weight is 555 g/mol. The van der Waals surface area contributed by atoms with Gasteiger partial charge in [0.05, 0.1) is 23.1 Å². The van der Waals surface area contributed by atoms with Crippen LogP contribution < -0.4 is 15.5 Å². The third kappa shape index (κ3) is 4.02. The molecule has 1 aromatic heterocycles. The first-order valence-electron chi connectivity index (χ1n) is 14.5. The van der Waals surface area contributed by atoms with Gasteiger partial charge in [0, 0.05) is 53.1 Å². The molecular weight excluding hydrogens is 520 g/mol. The van der Waals surface area contributed by atoms with Crippen molar-refractivity contribution in [3.8, 4) is 0 Å². The molecule has 4 aliphatic rings. The normalized spacial score (nSPS) is 23.0. The Labute approximate surface area is 238 Å². The van der Waals surface area contributed by atoms with Crippen LogP contribution in [-0.2, 0) is 19.9 Å². The molecule has 0 radical (unpaired) electrons. The second-order valence-electron chi connectivity index (χ2n) is 12.5. The zero-order chi connectivity index (χ0) is 28.5. The number of nitrogens with one attached hydrogen (secondary N) is 2. The Morgan fingerprint density at radius 3 is 2.54 bits per heavy atom. The number of hydrogen-bond donors (Lipinski definition) is 2. The molecular formula is C31H34N6O4. The van der Waals surface area contributed by atoms with E-state index in [1.807, 2.05) is 46.2 Å². The minimum Gasteiger partial charge on any atom is -0.352 e. The Hall–Kier alpha value is -4.21. The molecule has 2 saturated heterocycles. The number of imide groups is 1. The molecule has 0 bridgehead atoms. The van der Waals surface area contributed by atoms with E-state index in [0.717, 1.165) is 67.3 Å². The fourth-order valence-corrected chi connectivity index (χ4v) is 6.91. The number of aromatic nitrogens is 2. The summed E-state index contributed by atoms with van der Waals surface area (Å²) in [4.78, 5) is 54.3. The van der Waals surface area contributed by atoms with Crippen LogP contribution >= 0.6 is 0 Å². The Morgan fingerprint density at radius 2 is 1.83 bits per heavy atom. The molecule has 10 nitrogen and oxygen atoms in total. The molecule has 3 fully saturated rings. The molecule has 7 rings (SSSR count). The van der Waals surface area contributed by atoms with Gasteiger partial charge < -0.3 is 10.2 Å². The molecule has 1 aliphatic carbocycles. The average Bonchev–Trinajstić information content (AvgIpc) is 3.53. The summed E-state index contributed by atoms with van der Waals surface area (Å²) in [5.41, 5.74) is 2.54. The van der Waals surface area contributed by atoms with Gasteiger partial charge in [-0.25, -0.2) is 0 Å². The number of rotatable bonds is 5. The summed E-state index contributed by atoms with van der Waals surface area (Å²) in [6.07, 6.45) is 9.14. The zero-order valence-corrected chi connectivity index (χ0v) is 23.4. The van der Waals surface area contributed by atoms with Crippen LogP contribution in [0.25, 0.3) is 10.8 Å². The van der Waals surface area contributed by atoms with Gasteiger partial charge >= 0.3 is 0 Å². The number of anilines is 3. The second-order valence-corrected chi connectivity index (χ2v) is 12.5. The number of benzene rings is 2. The quantitative estimate of drug-likeness (QED) is 0.460. The number of nitrogens with zero attached hydrogens (tertiary/aromatic N) is 4. The van der Waals surface area contributed by atoms with E-state index >= 15 is 0 Å². The van der Waals surface area contributed by atoms with Crippen molar-refractivity contribution in [2.24, 2.45) is 5.41 Å². The van der Waals surface area contributed by atoms with Crippen LogP contribution in [0.1, 0.15) is 69.2 Å². The van der Waals surface area contributed by atoms with Crippen molar-refractivity contribution < 1.29 is 19.2 Å². The molecule has 10 heteroatoms. The van der Waals surface area contributed by atoms with Gasteiger partial charge in [-0.3, -0.25) is 34.1 Å². The topological polar surface area (TPSA) is 117 Å². The lowest BCUT2D eigenvalue weighted by Gasteiger charge is -2.45. The molecule has 41 heavy (non-hydrogen) atoms. The van der Waals surface area contributed by atoms with E-state index in [0.29, 0.717) is 23.6 Å². The first-order valence-corrected chi connectivity index (χ1v) is 14.5. The summed E-state index contributed by atoms with van der Waals surface area (Å²) in [5, 5.41) is 12.2. The highest BCUT2D eigenvalue weighted by Crippen LogP contribution is 2.44. The number of hydrogen-bond acceptors (Lipinski definition) is 6. The maximum Gasteiger partial charge on any atom is 0.259 e. The molecule has 2 N–H and O–H groups in total. The van der Waals surface area contributed by atoms with Crippen LogP contribution in [0.15, 0.2) is 42.7 Å². The summed E-state index contributed by atoms with van der Waals surface area (Å²) >= 11 is 0. The number of carbonyl (C=O) groups is 4. The van der Waals surface area contributed by atoms with Gasteiger partial charge in [0.25, 0.3) is 5.91 Å². The van der Waals surface area contributed by atoms with E-state index < -0.39 is 11.9 Å². The van der Waals surface area contributed by atoms with Gasteiger partial charge in [-0.05, 0) is 57.2 Å². The highest BCUT2D eigenvalue weighted by atomic mass is 16.2. The molecule has 0 spiro atoms. The summed E-state index contributed by atoms with van der Waals surface area (Å²) in [7, 11) is 0. The first-order chi connectivity index (χ1) is 19.7. The standard InChI is InChI=1S/C31H34N6O4/c1-30(11-4-12-30)29(41)35-15-13-31(2,14-16-35)36-18-19(17-32-36)33-22-7-8-23-26-20(22)5-3-6-21(26)28(40)37(23)24-9-10-25(38)34-27(24)39/h3,5-8,17-18,24,33H,4,9-16H2,1-2H3,(H,34,38,39). The van der Waals surface area contributed by atoms with Crippen molar-refractivity contribution in [2.75, 3.05) is 23.3 Å². The van der Waals surface area contributed by atoms with E-state index in [2.05, 4.69) is 24.5 Å². The first kappa shape index (κ1) is 25.7. The van der Waals surface area contributed by atoms with Gasteiger partial charge in [0.1, 0.15) is 6.04 Å². The maximum absolute atomic E-state index is 13.4. The predicted molar refractivity (Wildman–Crippen MR) is 154 cm³/mol. The Kier molecular flexibility index (Phi) is 5.75. The lowest BCUT2D eigenvalue weighted by Crippen LogP contribution is -2.53. The minimum atomic E-state index is -0.716. The lowest BCUT2D eigenvalue weighted by molar-refractivity contribution is -0.148. The van der Waals surface area contributed by atoms with E-state index in [-0.39, 0.29) is 29.2 Å². The Bertz CT molecular complexity index is 1610. The molecule has 1 atom stereocenters. The zero-order valence-electron chi connectivity index (χ0n) is 23.4. The number of amides is 4.